The maximum Gasteiger partial charge on any atom is 0.253 e. The first-order valence-electron chi connectivity index (χ1n) is 10.7. The zero-order valence-electron chi connectivity index (χ0n) is 17.4. The van der Waals surface area contributed by atoms with Gasteiger partial charge in [-0.1, -0.05) is 36.4 Å². The number of hydrogen-bond donors (Lipinski definition) is 1. The molecular formula is C25H22FN5O. The molecule has 0 aliphatic carbocycles. The average Bonchev–Trinajstić information content (AvgIpc) is 2.84. The third-order valence-electron chi connectivity index (χ3n) is 5.83. The standard InChI is InChI=1S/C25H22FN5O/c26-20-6-3-5-17(14-20)23-9-8-19(15-27-23)25(32)29-21-10-12-31(13-11-21)24-22-7-2-1-4-18(22)16-28-30-24/h1-9,14-16,21H,10-13H2,(H,29,32). The number of halogens is 1. The van der Waals surface area contributed by atoms with Crippen LogP contribution in [0.5, 0.6) is 0 Å². The summed E-state index contributed by atoms with van der Waals surface area (Å²) in [7, 11) is 0. The van der Waals surface area contributed by atoms with Crippen LogP contribution in [0.15, 0.2) is 73.1 Å². The molecule has 2 aromatic carbocycles. The lowest BCUT2D eigenvalue weighted by molar-refractivity contribution is 0.0930. The Balaban J connectivity index is 1.21. The van der Waals surface area contributed by atoms with Crippen LogP contribution in [0, 0.1) is 5.82 Å². The number of nitrogens with zero attached hydrogens (tertiary/aromatic N) is 4. The highest BCUT2D eigenvalue weighted by Crippen LogP contribution is 2.26. The second-order valence-corrected chi connectivity index (χ2v) is 7.93. The van der Waals surface area contributed by atoms with Crippen molar-refractivity contribution in [3.8, 4) is 11.3 Å². The van der Waals surface area contributed by atoms with E-state index >= 15 is 0 Å². The number of benzene rings is 2. The van der Waals surface area contributed by atoms with Crippen LogP contribution in [-0.4, -0.2) is 40.2 Å². The van der Waals surface area contributed by atoms with Gasteiger partial charge in [-0.25, -0.2) is 4.39 Å². The Kier molecular flexibility index (Phi) is 5.46. The molecule has 6 nitrogen and oxygen atoms in total. The Morgan fingerprint density at radius 2 is 1.84 bits per heavy atom. The van der Waals surface area contributed by atoms with Crippen LogP contribution in [0.2, 0.25) is 0 Å². The number of carbonyl (C=O) groups excluding carboxylic acids is 1. The van der Waals surface area contributed by atoms with Gasteiger partial charge in [-0.2, -0.15) is 5.10 Å². The van der Waals surface area contributed by atoms with Gasteiger partial charge in [0.2, 0.25) is 0 Å². The second-order valence-electron chi connectivity index (χ2n) is 7.93. The molecule has 1 N–H and O–H groups in total. The molecule has 1 aliphatic rings. The van der Waals surface area contributed by atoms with Gasteiger partial charge in [-0.05, 0) is 37.1 Å². The number of aromatic nitrogens is 3. The lowest BCUT2D eigenvalue weighted by atomic mass is 10.0. The third kappa shape index (κ3) is 4.14. The number of hydrogen-bond acceptors (Lipinski definition) is 5. The number of anilines is 1. The highest BCUT2D eigenvalue weighted by Gasteiger charge is 2.23. The van der Waals surface area contributed by atoms with Crippen LogP contribution in [-0.2, 0) is 0 Å². The van der Waals surface area contributed by atoms with Crippen molar-refractivity contribution < 1.29 is 9.18 Å². The Bertz CT molecular complexity index is 1250. The molecule has 160 valence electrons. The quantitative estimate of drug-likeness (QED) is 0.528. The lowest BCUT2D eigenvalue weighted by Crippen LogP contribution is -2.45. The van der Waals surface area contributed by atoms with Crippen LogP contribution in [0.1, 0.15) is 23.2 Å². The van der Waals surface area contributed by atoms with E-state index < -0.39 is 0 Å². The molecule has 1 amide bonds. The van der Waals surface area contributed by atoms with E-state index in [9.17, 15) is 9.18 Å². The Labute approximate surface area is 185 Å². The smallest absolute Gasteiger partial charge is 0.253 e. The number of fused-ring (bicyclic) bond motifs is 1. The van der Waals surface area contributed by atoms with Crippen molar-refractivity contribution in [1.82, 2.24) is 20.5 Å². The number of amides is 1. The summed E-state index contributed by atoms with van der Waals surface area (Å²) < 4.78 is 13.4. The molecule has 0 spiro atoms. The Morgan fingerprint density at radius 1 is 1.00 bits per heavy atom. The normalized spacial score (nSPS) is 14.5. The molecule has 0 bridgehead atoms. The summed E-state index contributed by atoms with van der Waals surface area (Å²) in [6.45, 7) is 1.59. The fourth-order valence-corrected chi connectivity index (χ4v) is 4.10. The molecule has 0 saturated carbocycles. The molecule has 7 heteroatoms. The Morgan fingerprint density at radius 3 is 2.62 bits per heavy atom. The maximum atomic E-state index is 13.4. The summed E-state index contributed by atoms with van der Waals surface area (Å²) in [5.74, 6) is 0.434. The Hall–Kier alpha value is -3.87. The molecule has 0 radical (unpaired) electrons. The molecule has 1 fully saturated rings. The van der Waals surface area contributed by atoms with Crippen LogP contribution in [0.25, 0.3) is 22.0 Å². The fraction of sp³-hybridized carbons (Fsp3) is 0.200. The van der Waals surface area contributed by atoms with Gasteiger partial charge in [0.25, 0.3) is 5.91 Å². The largest absolute Gasteiger partial charge is 0.354 e. The van der Waals surface area contributed by atoms with Crippen molar-refractivity contribution in [2.45, 2.75) is 18.9 Å². The summed E-state index contributed by atoms with van der Waals surface area (Å²) in [6.07, 6.45) is 4.96. The summed E-state index contributed by atoms with van der Waals surface area (Å²) in [5.41, 5.74) is 1.80. The van der Waals surface area contributed by atoms with E-state index in [0.717, 1.165) is 42.5 Å². The van der Waals surface area contributed by atoms with E-state index in [4.69, 9.17) is 0 Å². The average molecular weight is 427 g/mol. The maximum absolute atomic E-state index is 13.4. The van der Waals surface area contributed by atoms with Crippen LogP contribution in [0.4, 0.5) is 10.2 Å². The first-order chi connectivity index (χ1) is 15.7. The summed E-state index contributed by atoms with van der Waals surface area (Å²) in [6, 6.07) is 17.9. The van der Waals surface area contributed by atoms with Crippen LogP contribution >= 0.6 is 0 Å². The molecule has 2 aromatic heterocycles. The molecule has 1 aliphatic heterocycles. The molecule has 0 atom stereocenters. The van der Waals surface area contributed by atoms with E-state index in [-0.39, 0.29) is 17.8 Å². The second kappa shape index (κ2) is 8.70. The third-order valence-corrected chi connectivity index (χ3v) is 5.83. The minimum Gasteiger partial charge on any atom is -0.354 e. The van der Waals surface area contributed by atoms with Gasteiger partial charge in [0.05, 0.1) is 17.5 Å². The zero-order chi connectivity index (χ0) is 21.9. The monoisotopic (exact) mass is 427 g/mol. The van der Waals surface area contributed by atoms with Gasteiger partial charge in [0, 0.05) is 41.7 Å². The number of nitrogens with one attached hydrogen (secondary N) is 1. The van der Waals surface area contributed by atoms with Crippen molar-refractivity contribution >= 4 is 22.5 Å². The van der Waals surface area contributed by atoms with Gasteiger partial charge in [-0.3, -0.25) is 9.78 Å². The van der Waals surface area contributed by atoms with E-state index in [0.29, 0.717) is 16.8 Å². The first-order valence-corrected chi connectivity index (χ1v) is 10.7. The van der Waals surface area contributed by atoms with Gasteiger partial charge in [0.1, 0.15) is 5.82 Å². The van der Waals surface area contributed by atoms with Gasteiger partial charge in [0.15, 0.2) is 5.82 Å². The zero-order valence-corrected chi connectivity index (χ0v) is 17.4. The highest BCUT2D eigenvalue weighted by molar-refractivity contribution is 5.94. The van der Waals surface area contributed by atoms with Crippen molar-refractivity contribution in [2.75, 3.05) is 18.0 Å². The summed E-state index contributed by atoms with van der Waals surface area (Å²) in [4.78, 5) is 19.3. The first kappa shape index (κ1) is 20.1. The van der Waals surface area contributed by atoms with Crippen molar-refractivity contribution in [2.24, 2.45) is 0 Å². The lowest BCUT2D eigenvalue weighted by Gasteiger charge is -2.33. The molecule has 1 saturated heterocycles. The van der Waals surface area contributed by atoms with E-state index in [2.05, 4.69) is 31.5 Å². The SMILES string of the molecule is O=C(NC1CCN(c2nncc3ccccc23)CC1)c1ccc(-c2cccc(F)c2)nc1. The predicted molar refractivity (Wildman–Crippen MR) is 122 cm³/mol. The van der Waals surface area contributed by atoms with Crippen molar-refractivity contribution in [3.05, 3.63) is 84.4 Å². The van der Waals surface area contributed by atoms with Crippen molar-refractivity contribution in [3.63, 3.8) is 0 Å². The van der Waals surface area contributed by atoms with Gasteiger partial charge in [-0.15, -0.1) is 5.10 Å². The number of pyridine rings is 1. The molecular weight excluding hydrogens is 405 g/mol. The number of rotatable bonds is 4. The summed E-state index contributed by atoms with van der Waals surface area (Å²) in [5, 5.41) is 13.8. The molecule has 4 aromatic rings. The fourth-order valence-electron chi connectivity index (χ4n) is 4.10. The van der Waals surface area contributed by atoms with Crippen LogP contribution in [0.3, 0.4) is 0 Å². The van der Waals surface area contributed by atoms with E-state index in [1.54, 1.807) is 30.5 Å². The van der Waals surface area contributed by atoms with E-state index in [1.165, 1.54) is 18.3 Å². The van der Waals surface area contributed by atoms with Crippen LogP contribution < -0.4 is 10.2 Å². The number of piperidine rings is 1. The van der Waals surface area contributed by atoms with Gasteiger partial charge < -0.3 is 10.2 Å². The molecule has 32 heavy (non-hydrogen) atoms. The van der Waals surface area contributed by atoms with Gasteiger partial charge >= 0.3 is 0 Å². The predicted octanol–water partition coefficient (Wildman–Crippen LogP) is 4.23. The van der Waals surface area contributed by atoms with Crippen molar-refractivity contribution in [1.29, 1.82) is 0 Å². The molecule has 3 heterocycles. The summed E-state index contributed by atoms with van der Waals surface area (Å²) >= 11 is 0. The minimum absolute atomic E-state index is 0.0876. The molecule has 0 unspecified atom stereocenters. The minimum atomic E-state index is -0.313. The number of carbonyl (C=O) groups is 1. The topological polar surface area (TPSA) is 71.0 Å². The molecule has 5 rings (SSSR count). The van der Waals surface area contributed by atoms with E-state index in [1.807, 2.05) is 18.2 Å². The highest BCUT2D eigenvalue weighted by atomic mass is 19.1.